The SMILES string of the molecule is CCOC1CC(NC(=O)C(C)C2CNC2)C12CCCCC2. The Labute approximate surface area is 128 Å². The Kier molecular flexibility index (Phi) is 4.55. The van der Waals surface area contributed by atoms with Crippen LogP contribution in [0.25, 0.3) is 0 Å². The molecule has 2 N–H and O–H groups in total. The molecular formula is C17H30N2O2. The lowest BCUT2D eigenvalue weighted by Crippen LogP contribution is -2.66. The lowest BCUT2D eigenvalue weighted by molar-refractivity contribution is -0.159. The van der Waals surface area contributed by atoms with Crippen LogP contribution in [-0.4, -0.2) is 37.7 Å². The van der Waals surface area contributed by atoms with Crippen LogP contribution in [-0.2, 0) is 9.53 Å². The molecule has 1 spiro atoms. The molecule has 1 heterocycles. The van der Waals surface area contributed by atoms with Crippen LogP contribution < -0.4 is 10.6 Å². The summed E-state index contributed by atoms with van der Waals surface area (Å²) in [5, 5.41) is 6.63. The number of amides is 1. The highest BCUT2D eigenvalue weighted by Crippen LogP contribution is 2.53. The summed E-state index contributed by atoms with van der Waals surface area (Å²) in [5.41, 5.74) is 0.238. The average molecular weight is 294 g/mol. The van der Waals surface area contributed by atoms with Crippen molar-refractivity contribution < 1.29 is 9.53 Å². The van der Waals surface area contributed by atoms with E-state index in [1.165, 1.54) is 32.1 Å². The standard InChI is InChI=1S/C17H30N2O2/c1-3-21-15-9-14(17(15)7-5-4-6-8-17)19-16(20)12(2)13-10-18-11-13/h12-15,18H,3-11H2,1-2H3,(H,19,20). The van der Waals surface area contributed by atoms with E-state index in [1.54, 1.807) is 0 Å². The van der Waals surface area contributed by atoms with Crippen molar-refractivity contribution in [2.45, 2.75) is 64.5 Å². The number of carbonyl (C=O) groups excluding carboxylic acids is 1. The third-order valence-corrected chi connectivity index (χ3v) is 6.19. The lowest BCUT2D eigenvalue weighted by Gasteiger charge is -2.58. The average Bonchev–Trinajstić information content (AvgIpc) is 2.45. The quantitative estimate of drug-likeness (QED) is 0.816. The molecule has 120 valence electrons. The van der Waals surface area contributed by atoms with E-state index >= 15 is 0 Å². The summed E-state index contributed by atoms with van der Waals surface area (Å²) >= 11 is 0. The normalized spacial score (nSPS) is 33.0. The molecule has 3 fully saturated rings. The zero-order valence-corrected chi connectivity index (χ0v) is 13.5. The van der Waals surface area contributed by atoms with Gasteiger partial charge in [-0.1, -0.05) is 26.2 Å². The van der Waals surface area contributed by atoms with Crippen molar-refractivity contribution >= 4 is 5.91 Å². The molecule has 3 aliphatic rings. The van der Waals surface area contributed by atoms with E-state index in [9.17, 15) is 4.79 Å². The summed E-state index contributed by atoms with van der Waals surface area (Å²) in [7, 11) is 0. The van der Waals surface area contributed by atoms with Gasteiger partial charge in [-0.15, -0.1) is 0 Å². The molecule has 1 aliphatic heterocycles. The Balaban J connectivity index is 1.60. The maximum absolute atomic E-state index is 12.5. The van der Waals surface area contributed by atoms with E-state index in [0.717, 1.165) is 26.1 Å². The van der Waals surface area contributed by atoms with E-state index in [0.29, 0.717) is 18.1 Å². The van der Waals surface area contributed by atoms with Crippen molar-refractivity contribution in [1.29, 1.82) is 0 Å². The Hall–Kier alpha value is -0.610. The van der Waals surface area contributed by atoms with Crippen molar-refractivity contribution in [3.8, 4) is 0 Å². The van der Waals surface area contributed by atoms with Gasteiger partial charge in [0.25, 0.3) is 0 Å². The zero-order valence-electron chi connectivity index (χ0n) is 13.5. The molecule has 1 amide bonds. The summed E-state index contributed by atoms with van der Waals surface area (Å²) in [5.74, 6) is 0.916. The third-order valence-electron chi connectivity index (χ3n) is 6.19. The van der Waals surface area contributed by atoms with Crippen molar-refractivity contribution in [1.82, 2.24) is 10.6 Å². The third kappa shape index (κ3) is 2.72. The van der Waals surface area contributed by atoms with Crippen molar-refractivity contribution in [2.75, 3.05) is 19.7 Å². The minimum atomic E-state index is 0.137. The Morgan fingerprint density at radius 2 is 2.05 bits per heavy atom. The predicted octanol–water partition coefficient (Wildman–Crippen LogP) is 2.09. The number of carbonyl (C=O) groups is 1. The van der Waals surface area contributed by atoms with E-state index in [-0.39, 0.29) is 17.2 Å². The van der Waals surface area contributed by atoms with Gasteiger partial charge in [-0.05, 0) is 45.2 Å². The molecule has 0 aromatic rings. The van der Waals surface area contributed by atoms with Crippen molar-refractivity contribution in [3.63, 3.8) is 0 Å². The maximum atomic E-state index is 12.5. The van der Waals surface area contributed by atoms with Gasteiger partial charge in [0.1, 0.15) is 0 Å². The molecule has 3 unspecified atom stereocenters. The molecule has 4 heteroatoms. The Bertz CT molecular complexity index is 375. The van der Waals surface area contributed by atoms with Crippen LogP contribution in [0.3, 0.4) is 0 Å². The fourth-order valence-corrected chi connectivity index (χ4v) is 4.45. The highest BCUT2D eigenvalue weighted by Gasteiger charge is 2.56. The molecule has 21 heavy (non-hydrogen) atoms. The van der Waals surface area contributed by atoms with Gasteiger partial charge in [-0.2, -0.15) is 0 Å². The summed E-state index contributed by atoms with van der Waals surface area (Å²) in [6.07, 6.45) is 7.74. The van der Waals surface area contributed by atoms with E-state index < -0.39 is 0 Å². The topological polar surface area (TPSA) is 50.4 Å². The summed E-state index contributed by atoms with van der Waals surface area (Å²) < 4.78 is 5.96. The van der Waals surface area contributed by atoms with E-state index in [4.69, 9.17) is 4.74 Å². The zero-order chi connectivity index (χ0) is 14.9. The van der Waals surface area contributed by atoms with Crippen LogP contribution in [0.4, 0.5) is 0 Å². The van der Waals surface area contributed by atoms with Gasteiger partial charge in [0.2, 0.25) is 5.91 Å². The van der Waals surface area contributed by atoms with E-state index in [1.807, 2.05) is 0 Å². The molecule has 1 saturated heterocycles. The second-order valence-corrected chi connectivity index (χ2v) is 7.24. The Morgan fingerprint density at radius 1 is 1.33 bits per heavy atom. The first kappa shape index (κ1) is 15.3. The van der Waals surface area contributed by atoms with Gasteiger partial charge in [-0.25, -0.2) is 0 Å². The van der Waals surface area contributed by atoms with Crippen molar-refractivity contribution in [2.24, 2.45) is 17.3 Å². The van der Waals surface area contributed by atoms with Crippen LogP contribution in [0.5, 0.6) is 0 Å². The molecule has 0 aromatic carbocycles. The van der Waals surface area contributed by atoms with Crippen LogP contribution in [0.2, 0.25) is 0 Å². The largest absolute Gasteiger partial charge is 0.378 e. The molecule has 4 nitrogen and oxygen atoms in total. The van der Waals surface area contributed by atoms with E-state index in [2.05, 4.69) is 24.5 Å². The van der Waals surface area contributed by atoms with Crippen LogP contribution in [0, 0.1) is 17.3 Å². The van der Waals surface area contributed by atoms with Crippen molar-refractivity contribution in [3.05, 3.63) is 0 Å². The second kappa shape index (κ2) is 6.25. The number of hydrogen-bond donors (Lipinski definition) is 2. The lowest BCUT2D eigenvalue weighted by atomic mass is 9.55. The van der Waals surface area contributed by atoms with Gasteiger partial charge in [0.05, 0.1) is 6.10 Å². The number of hydrogen-bond acceptors (Lipinski definition) is 3. The van der Waals surface area contributed by atoms with Gasteiger partial charge >= 0.3 is 0 Å². The van der Waals surface area contributed by atoms with Crippen LogP contribution in [0.15, 0.2) is 0 Å². The van der Waals surface area contributed by atoms with Gasteiger partial charge < -0.3 is 15.4 Å². The fraction of sp³-hybridized carbons (Fsp3) is 0.941. The summed E-state index contributed by atoms with van der Waals surface area (Å²) in [4.78, 5) is 12.5. The molecule has 0 aromatic heterocycles. The maximum Gasteiger partial charge on any atom is 0.223 e. The molecular weight excluding hydrogens is 264 g/mol. The molecule has 0 bridgehead atoms. The van der Waals surface area contributed by atoms with Gasteiger partial charge in [0, 0.05) is 24.0 Å². The highest BCUT2D eigenvalue weighted by atomic mass is 16.5. The first-order valence-electron chi connectivity index (χ1n) is 8.80. The van der Waals surface area contributed by atoms with Gasteiger partial charge in [0.15, 0.2) is 0 Å². The fourth-order valence-electron chi connectivity index (χ4n) is 4.45. The second-order valence-electron chi connectivity index (χ2n) is 7.24. The van der Waals surface area contributed by atoms with Crippen LogP contribution in [0.1, 0.15) is 52.4 Å². The molecule has 3 rings (SSSR count). The summed E-state index contributed by atoms with van der Waals surface area (Å²) in [6.45, 7) is 6.93. The minimum Gasteiger partial charge on any atom is -0.378 e. The number of rotatable bonds is 5. The highest BCUT2D eigenvalue weighted by molar-refractivity contribution is 5.79. The van der Waals surface area contributed by atoms with Gasteiger partial charge in [-0.3, -0.25) is 4.79 Å². The molecule has 2 saturated carbocycles. The first-order chi connectivity index (χ1) is 10.2. The number of ether oxygens (including phenoxy) is 1. The Morgan fingerprint density at radius 3 is 2.62 bits per heavy atom. The molecule has 3 atom stereocenters. The van der Waals surface area contributed by atoms with Crippen LogP contribution >= 0.6 is 0 Å². The summed E-state index contributed by atoms with van der Waals surface area (Å²) in [6, 6.07) is 0.345. The number of nitrogens with one attached hydrogen (secondary N) is 2. The predicted molar refractivity (Wildman–Crippen MR) is 83.0 cm³/mol. The molecule has 2 aliphatic carbocycles. The minimum absolute atomic E-state index is 0.137. The smallest absolute Gasteiger partial charge is 0.223 e. The molecule has 0 radical (unpaired) electrons. The first-order valence-corrected chi connectivity index (χ1v) is 8.80. The monoisotopic (exact) mass is 294 g/mol.